The van der Waals surface area contributed by atoms with Gasteiger partial charge in [-0.3, -0.25) is 14.4 Å². The number of nitrogens with one attached hydrogen (secondary N) is 1. The number of alkyl halides is 2. The average Bonchev–Trinajstić information content (AvgIpc) is 3.47. The number of carbonyl (C=O) groups is 1. The number of hydrogen-bond acceptors (Lipinski definition) is 7. The number of ether oxygens (including phenoxy) is 2. The van der Waals surface area contributed by atoms with Crippen LogP contribution in [-0.2, 0) is 24.8 Å². The summed E-state index contributed by atoms with van der Waals surface area (Å²) in [6, 6.07) is 5.79. The Bertz CT molecular complexity index is 1270. The number of thiazole rings is 1. The molecular weight excluding hydrogens is 512 g/mol. The molecular formula is C27H35F2N5O3S. The van der Waals surface area contributed by atoms with Crippen molar-refractivity contribution in [3.8, 4) is 5.19 Å². The topological polar surface area (TPSA) is 81.5 Å². The SMILES string of the molecule is COC(CN1CCc2sc(OCC(C)(F)F)nc2C1)C1CCC(NC(=O)c2cccc3nn(C)cc23)CC1. The van der Waals surface area contributed by atoms with Gasteiger partial charge in [0.05, 0.1) is 22.9 Å². The van der Waals surface area contributed by atoms with E-state index >= 15 is 0 Å². The van der Waals surface area contributed by atoms with Crippen LogP contribution >= 0.6 is 11.3 Å². The zero-order chi connectivity index (χ0) is 26.9. The summed E-state index contributed by atoms with van der Waals surface area (Å²) in [6.07, 6.45) is 6.61. The van der Waals surface area contributed by atoms with Crippen molar-refractivity contribution in [3.05, 3.63) is 40.5 Å². The van der Waals surface area contributed by atoms with Crippen LogP contribution in [0.3, 0.4) is 0 Å². The van der Waals surface area contributed by atoms with Crippen molar-refractivity contribution < 1.29 is 23.0 Å². The summed E-state index contributed by atoms with van der Waals surface area (Å²) in [7, 11) is 3.62. The van der Waals surface area contributed by atoms with Gasteiger partial charge in [0.25, 0.3) is 17.0 Å². The maximum absolute atomic E-state index is 13.1. The lowest BCUT2D eigenvalue weighted by Gasteiger charge is -2.36. The van der Waals surface area contributed by atoms with E-state index in [4.69, 9.17) is 9.47 Å². The molecule has 1 aromatic carbocycles. The van der Waals surface area contributed by atoms with Crippen LogP contribution in [0, 0.1) is 5.92 Å². The van der Waals surface area contributed by atoms with Gasteiger partial charge in [0.2, 0.25) is 0 Å². The molecule has 3 heterocycles. The number of aryl methyl sites for hydroxylation is 1. The number of hydrogen-bond donors (Lipinski definition) is 1. The summed E-state index contributed by atoms with van der Waals surface area (Å²) in [5.41, 5.74) is 2.40. The zero-order valence-corrected chi connectivity index (χ0v) is 22.9. The first kappa shape index (κ1) is 27.0. The van der Waals surface area contributed by atoms with E-state index < -0.39 is 12.5 Å². The Morgan fingerprint density at radius 1 is 1.29 bits per heavy atom. The van der Waals surface area contributed by atoms with Gasteiger partial charge in [0.1, 0.15) is 0 Å². The van der Waals surface area contributed by atoms with Gasteiger partial charge in [-0.2, -0.15) is 5.10 Å². The molecule has 5 rings (SSSR count). The highest BCUT2D eigenvalue weighted by Gasteiger charge is 2.32. The lowest BCUT2D eigenvalue weighted by Crippen LogP contribution is -2.44. The van der Waals surface area contributed by atoms with E-state index in [1.165, 1.54) is 11.3 Å². The van der Waals surface area contributed by atoms with Crippen molar-refractivity contribution in [2.24, 2.45) is 13.0 Å². The molecule has 1 fully saturated rings. The molecule has 1 saturated carbocycles. The molecule has 0 spiro atoms. The van der Waals surface area contributed by atoms with Crippen molar-refractivity contribution in [3.63, 3.8) is 0 Å². The third-order valence-electron chi connectivity index (χ3n) is 7.52. The number of aromatic nitrogens is 3. The molecule has 1 amide bonds. The molecule has 2 aliphatic rings. The molecule has 38 heavy (non-hydrogen) atoms. The van der Waals surface area contributed by atoms with E-state index in [9.17, 15) is 13.6 Å². The highest BCUT2D eigenvalue weighted by atomic mass is 32.1. The summed E-state index contributed by atoms with van der Waals surface area (Å²) in [4.78, 5) is 20.9. The van der Waals surface area contributed by atoms with Gasteiger partial charge in [-0.05, 0) is 50.2 Å². The van der Waals surface area contributed by atoms with Crippen molar-refractivity contribution in [2.75, 3.05) is 26.8 Å². The van der Waals surface area contributed by atoms with Crippen molar-refractivity contribution in [2.45, 2.75) is 63.6 Å². The Hall–Kier alpha value is -2.63. The third kappa shape index (κ3) is 6.32. The molecule has 1 atom stereocenters. The first-order valence-corrected chi connectivity index (χ1v) is 14.0. The molecule has 0 saturated heterocycles. The lowest BCUT2D eigenvalue weighted by atomic mass is 9.82. The van der Waals surface area contributed by atoms with Crippen molar-refractivity contribution in [1.29, 1.82) is 0 Å². The summed E-state index contributed by atoms with van der Waals surface area (Å²) in [5, 5.41) is 8.83. The van der Waals surface area contributed by atoms with E-state index in [0.29, 0.717) is 23.2 Å². The molecule has 8 nitrogen and oxygen atoms in total. The summed E-state index contributed by atoms with van der Waals surface area (Å²) in [5.74, 6) is -2.51. The monoisotopic (exact) mass is 547 g/mol. The van der Waals surface area contributed by atoms with Crippen LogP contribution in [-0.4, -0.2) is 70.4 Å². The molecule has 3 aromatic rings. The first-order valence-electron chi connectivity index (χ1n) is 13.2. The molecule has 1 aliphatic carbocycles. The second kappa shape index (κ2) is 11.2. The van der Waals surface area contributed by atoms with Crippen LogP contribution < -0.4 is 10.1 Å². The van der Waals surface area contributed by atoms with Gasteiger partial charge in [-0.15, -0.1) is 0 Å². The van der Waals surface area contributed by atoms with E-state index in [0.717, 1.165) is 73.6 Å². The van der Waals surface area contributed by atoms with Crippen LogP contribution in [0.4, 0.5) is 8.78 Å². The smallest absolute Gasteiger partial charge is 0.278 e. The fourth-order valence-corrected chi connectivity index (χ4v) is 6.47. The summed E-state index contributed by atoms with van der Waals surface area (Å²) < 4.78 is 39.2. The quantitative estimate of drug-likeness (QED) is 0.427. The minimum atomic E-state index is -2.88. The normalized spacial score (nSPS) is 21.3. The number of amides is 1. The van der Waals surface area contributed by atoms with Crippen LogP contribution in [0.2, 0.25) is 0 Å². The average molecular weight is 548 g/mol. The van der Waals surface area contributed by atoms with E-state index in [1.807, 2.05) is 31.4 Å². The first-order chi connectivity index (χ1) is 18.2. The minimum absolute atomic E-state index is 0.0475. The maximum atomic E-state index is 13.1. The molecule has 11 heteroatoms. The van der Waals surface area contributed by atoms with Crippen molar-refractivity contribution in [1.82, 2.24) is 25.0 Å². The van der Waals surface area contributed by atoms with E-state index in [2.05, 4.69) is 20.3 Å². The van der Waals surface area contributed by atoms with E-state index in [-0.39, 0.29) is 18.1 Å². The Morgan fingerprint density at radius 3 is 2.82 bits per heavy atom. The molecule has 2 aromatic heterocycles. The Morgan fingerprint density at radius 2 is 2.08 bits per heavy atom. The van der Waals surface area contributed by atoms with Gasteiger partial charge >= 0.3 is 0 Å². The molecule has 0 bridgehead atoms. The Balaban J connectivity index is 1.12. The van der Waals surface area contributed by atoms with E-state index in [1.54, 1.807) is 11.8 Å². The number of fused-ring (bicyclic) bond motifs is 2. The van der Waals surface area contributed by atoms with Gasteiger partial charge in [0.15, 0.2) is 6.61 Å². The van der Waals surface area contributed by atoms with Crippen LogP contribution in [0.15, 0.2) is 24.4 Å². The molecule has 1 unspecified atom stereocenters. The second-order valence-corrected chi connectivity index (χ2v) is 11.6. The van der Waals surface area contributed by atoms with Crippen molar-refractivity contribution >= 4 is 28.1 Å². The summed E-state index contributed by atoms with van der Waals surface area (Å²) >= 11 is 1.37. The third-order valence-corrected chi connectivity index (χ3v) is 8.59. The fourth-order valence-electron chi connectivity index (χ4n) is 5.56. The summed E-state index contributed by atoms with van der Waals surface area (Å²) in [6.45, 7) is 2.53. The largest absolute Gasteiger partial charge is 0.464 e. The van der Waals surface area contributed by atoms with Gasteiger partial charge < -0.3 is 14.8 Å². The van der Waals surface area contributed by atoms with Gasteiger partial charge in [-0.1, -0.05) is 17.4 Å². The number of rotatable bonds is 9. The second-order valence-electron chi connectivity index (χ2n) is 10.6. The highest BCUT2D eigenvalue weighted by Crippen LogP contribution is 2.33. The zero-order valence-electron chi connectivity index (χ0n) is 22.1. The molecule has 0 radical (unpaired) electrons. The predicted octanol–water partition coefficient (Wildman–Crippen LogP) is 4.43. The standard InChI is InChI=1S/C27H35F2N5O3S/c1-27(28,29)16-37-26-31-22-14-34(12-11-24(22)38-26)15-23(36-3)17-7-9-18(10-8-17)30-25(35)19-5-4-6-21-20(19)13-33(2)32-21/h4-6,13,17-18,23H,7-12,14-16H2,1-3H3,(H,30,35). The maximum Gasteiger partial charge on any atom is 0.278 e. The van der Waals surface area contributed by atoms with Gasteiger partial charge in [0, 0.05) is 63.2 Å². The van der Waals surface area contributed by atoms with Crippen LogP contribution in [0.1, 0.15) is 53.5 Å². The Labute approximate surface area is 225 Å². The van der Waals surface area contributed by atoms with Crippen LogP contribution in [0.25, 0.3) is 10.9 Å². The lowest BCUT2D eigenvalue weighted by molar-refractivity contribution is -0.0231. The number of nitrogens with zero attached hydrogens (tertiary/aromatic N) is 4. The van der Waals surface area contributed by atoms with Crippen LogP contribution in [0.5, 0.6) is 5.19 Å². The molecule has 206 valence electrons. The Kier molecular flexibility index (Phi) is 7.97. The fraction of sp³-hybridized carbons (Fsp3) is 0.593. The number of carbonyl (C=O) groups excluding carboxylic acids is 1. The van der Waals surface area contributed by atoms with Gasteiger partial charge in [-0.25, -0.2) is 13.8 Å². The molecule has 1 aliphatic heterocycles. The molecule has 1 N–H and O–H groups in total. The number of benzene rings is 1. The predicted molar refractivity (Wildman–Crippen MR) is 142 cm³/mol. The minimum Gasteiger partial charge on any atom is -0.464 e. The highest BCUT2D eigenvalue weighted by molar-refractivity contribution is 7.13. The number of halogens is 2. The number of methoxy groups -OCH3 is 1.